The van der Waals surface area contributed by atoms with E-state index in [1.54, 1.807) is 0 Å². The number of carbonyl (C=O) groups excluding carboxylic acids is 1. The van der Waals surface area contributed by atoms with Crippen LogP contribution in [0.5, 0.6) is 0 Å². The Morgan fingerprint density at radius 1 is 1.17 bits per heavy atom. The molecule has 1 atom stereocenters. The smallest absolute Gasteiger partial charge is 0.261 e. The molecule has 6 heteroatoms. The van der Waals surface area contributed by atoms with E-state index >= 15 is 0 Å². The van der Waals surface area contributed by atoms with Crippen molar-refractivity contribution in [2.45, 2.75) is 19.1 Å². The predicted octanol–water partition coefficient (Wildman–Crippen LogP) is 1.90. The normalized spacial score (nSPS) is 16.7. The first-order valence-corrected chi connectivity index (χ1v) is 7.32. The molecule has 0 bridgehead atoms. The van der Waals surface area contributed by atoms with Gasteiger partial charge >= 0.3 is 0 Å². The van der Waals surface area contributed by atoms with Crippen LogP contribution in [-0.2, 0) is 21.0 Å². The van der Waals surface area contributed by atoms with Gasteiger partial charge < -0.3 is 15.3 Å². The lowest BCUT2D eigenvalue weighted by atomic mass is 10.1. The van der Waals surface area contributed by atoms with Crippen LogP contribution in [0.25, 0.3) is 11.3 Å². The highest BCUT2D eigenvalue weighted by atomic mass is 16.6. The second-order valence-corrected chi connectivity index (χ2v) is 5.23. The van der Waals surface area contributed by atoms with Crippen molar-refractivity contribution in [3.8, 4) is 11.3 Å². The molecule has 0 spiro atoms. The number of pyridine rings is 1. The molecule has 1 aliphatic rings. The molecule has 2 heterocycles. The lowest BCUT2D eigenvalue weighted by Gasteiger charge is -2.06. The van der Waals surface area contributed by atoms with Crippen LogP contribution < -0.4 is 5.73 Å². The molecule has 118 valence electrons. The molecule has 23 heavy (non-hydrogen) atoms. The lowest BCUT2D eigenvalue weighted by molar-refractivity contribution is -0.127. The summed E-state index contributed by atoms with van der Waals surface area (Å²) in [6.07, 6.45) is -0.291. The van der Waals surface area contributed by atoms with Gasteiger partial charge in [0, 0.05) is 12.0 Å². The summed E-state index contributed by atoms with van der Waals surface area (Å²) in [5.41, 5.74) is 8.64. The molecule has 2 aromatic rings. The molecule has 0 fully saturated rings. The molecule has 1 aliphatic heterocycles. The molecule has 0 radical (unpaired) electrons. The first kappa shape index (κ1) is 15.2. The Labute approximate surface area is 133 Å². The number of hydrogen-bond acceptors (Lipinski definition) is 5. The Bertz CT molecular complexity index is 716. The van der Waals surface area contributed by atoms with Gasteiger partial charge in [0.05, 0.1) is 30.3 Å². The number of carbonyl (C=O) groups is 1. The fraction of sp³-hybridized carbons (Fsp3) is 0.235. The summed E-state index contributed by atoms with van der Waals surface area (Å²) in [5.74, 6) is -0.513. The number of hydrogen-bond donors (Lipinski definition) is 1. The third kappa shape index (κ3) is 3.92. The molecule has 6 nitrogen and oxygen atoms in total. The van der Waals surface area contributed by atoms with E-state index in [-0.39, 0.29) is 0 Å². The van der Waals surface area contributed by atoms with Crippen molar-refractivity contribution in [1.29, 1.82) is 0 Å². The second kappa shape index (κ2) is 7.02. The summed E-state index contributed by atoms with van der Waals surface area (Å²) in [6.45, 7) is 0.655. The third-order valence-electron chi connectivity index (χ3n) is 3.44. The molecule has 1 aromatic heterocycles. The molecular weight excluding hydrogens is 294 g/mol. The maximum Gasteiger partial charge on any atom is 0.261 e. The van der Waals surface area contributed by atoms with Crippen LogP contribution in [0, 0.1) is 0 Å². The summed E-state index contributed by atoms with van der Waals surface area (Å²) >= 11 is 0. The van der Waals surface area contributed by atoms with Crippen molar-refractivity contribution in [3.63, 3.8) is 0 Å². The van der Waals surface area contributed by atoms with E-state index in [0.717, 1.165) is 17.0 Å². The minimum Gasteiger partial charge on any atom is -0.382 e. The third-order valence-corrected chi connectivity index (χ3v) is 3.44. The number of ether oxygens (including phenoxy) is 1. The number of oxime groups is 1. The molecule has 2 N–H and O–H groups in total. The monoisotopic (exact) mass is 311 g/mol. The van der Waals surface area contributed by atoms with Crippen LogP contribution in [-0.4, -0.2) is 29.3 Å². The second-order valence-electron chi connectivity index (χ2n) is 5.23. The highest BCUT2D eigenvalue weighted by Gasteiger charge is 2.25. The van der Waals surface area contributed by atoms with Gasteiger partial charge in [-0.3, -0.25) is 9.78 Å². The van der Waals surface area contributed by atoms with Gasteiger partial charge in [0.15, 0.2) is 0 Å². The van der Waals surface area contributed by atoms with Crippen LogP contribution in [0.15, 0.2) is 53.7 Å². The molecule has 0 saturated heterocycles. The van der Waals surface area contributed by atoms with Gasteiger partial charge in [-0.25, -0.2) is 0 Å². The minimum absolute atomic E-state index is 0.293. The van der Waals surface area contributed by atoms with Crippen molar-refractivity contribution in [3.05, 3.63) is 54.2 Å². The summed E-state index contributed by atoms with van der Waals surface area (Å²) in [5, 5.41) is 3.81. The van der Waals surface area contributed by atoms with Crippen LogP contribution >= 0.6 is 0 Å². The average molecular weight is 311 g/mol. The Balaban J connectivity index is 1.54. The topological polar surface area (TPSA) is 86.8 Å². The minimum atomic E-state index is -0.673. The number of primary amides is 1. The number of nitrogens with two attached hydrogens (primary N) is 1. The van der Waals surface area contributed by atoms with Gasteiger partial charge in [0.25, 0.3) is 5.91 Å². The number of amides is 1. The first-order chi connectivity index (χ1) is 11.2. The Kier molecular flexibility index (Phi) is 4.63. The Hall–Kier alpha value is -2.73. The zero-order chi connectivity index (χ0) is 16.1. The number of benzene rings is 1. The zero-order valence-corrected chi connectivity index (χ0v) is 12.5. The van der Waals surface area contributed by atoms with E-state index in [9.17, 15) is 4.79 Å². The SMILES string of the molecule is NC(=O)C1CC(COCc2cccc(-c3ccccc3)n2)=NO1. The molecule has 3 rings (SSSR count). The maximum atomic E-state index is 11.0. The van der Waals surface area contributed by atoms with E-state index < -0.39 is 12.0 Å². The fourth-order valence-corrected chi connectivity index (χ4v) is 2.27. The summed E-state index contributed by atoms with van der Waals surface area (Å²) < 4.78 is 5.60. The van der Waals surface area contributed by atoms with Gasteiger partial charge in [0.1, 0.15) is 0 Å². The van der Waals surface area contributed by atoms with Crippen molar-refractivity contribution in [2.24, 2.45) is 10.9 Å². The quantitative estimate of drug-likeness (QED) is 0.882. The van der Waals surface area contributed by atoms with Gasteiger partial charge in [-0.2, -0.15) is 0 Å². The average Bonchev–Trinajstić information content (AvgIpc) is 3.05. The molecular formula is C17H17N3O3. The standard InChI is InChI=1S/C17H17N3O3/c18-17(21)16-9-14(20-23-16)11-22-10-13-7-4-8-15(19-13)12-5-2-1-3-6-12/h1-8,16H,9-11H2,(H2,18,21). The van der Waals surface area contributed by atoms with E-state index in [1.165, 1.54) is 0 Å². The summed E-state index contributed by atoms with van der Waals surface area (Å²) in [4.78, 5) is 20.5. The van der Waals surface area contributed by atoms with Crippen LogP contribution in [0.1, 0.15) is 12.1 Å². The predicted molar refractivity (Wildman–Crippen MR) is 85.4 cm³/mol. The number of aromatic nitrogens is 1. The van der Waals surface area contributed by atoms with Gasteiger partial charge in [-0.1, -0.05) is 41.6 Å². The van der Waals surface area contributed by atoms with E-state index in [1.807, 2.05) is 48.5 Å². The highest BCUT2D eigenvalue weighted by molar-refractivity contribution is 5.92. The van der Waals surface area contributed by atoms with Crippen molar-refractivity contribution < 1.29 is 14.4 Å². The Morgan fingerprint density at radius 3 is 2.74 bits per heavy atom. The zero-order valence-electron chi connectivity index (χ0n) is 12.5. The van der Waals surface area contributed by atoms with Gasteiger partial charge in [0.2, 0.25) is 6.10 Å². The van der Waals surface area contributed by atoms with Crippen LogP contribution in [0.3, 0.4) is 0 Å². The van der Waals surface area contributed by atoms with Crippen LogP contribution in [0.4, 0.5) is 0 Å². The van der Waals surface area contributed by atoms with E-state index in [0.29, 0.717) is 25.3 Å². The first-order valence-electron chi connectivity index (χ1n) is 7.32. The van der Waals surface area contributed by atoms with Gasteiger partial charge in [-0.15, -0.1) is 0 Å². The van der Waals surface area contributed by atoms with Crippen molar-refractivity contribution in [2.75, 3.05) is 6.61 Å². The molecule has 0 aliphatic carbocycles. The fourth-order valence-electron chi connectivity index (χ4n) is 2.27. The van der Waals surface area contributed by atoms with E-state index in [4.69, 9.17) is 15.3 Å². The lowest BCUT2D eigenvalue weighted by Crippen LogP contribution is -2.28. The Morgan fingerprint density at radius 2 is 2.00 bits per heavy atom. The summed E-state index contributed by atoms with van der Waals surface area (Å²) in [6, 6.07) is 15.8. The van der Waals surface area contributed by atoms with Gasteiger partial charge in [-0.05, 0) is 12.1 Å². The highest BCUT2D eigenvalue weighted by Crippen LogP contribution is 2.17. The molecule has 1 amide bonds. The van der Waals surface area contributed by atoms with Crippen LogP contribution in [0.2, 0.25) is 0 Å². The molecule has 0 saturated carbocycles. The molecule has 1 unspecified atom stereocenters. The van der Waals surface area contributed by atoms with Crippen molar-refractivity contribution >= 4 is 11.6 Å². The number of nitrogens with zero attached hydrogens (tertiary/aromatic N) is 2. The summed E-state index contributed by atoms with van der Waals surface area (Å²) in [7, 11) is 0. The van der Waals surface area contributed by atoms with Crippen molar-refractivity contribution in [1.82, 2.24) is 4.98 Å². The molecule has 1 aromatic carbocycles. The maximum absolute atomic E-state index is 11.0. The van der Waals surface area contributed by atoms with E-state index in [2.05, 4.69) is 10.1 Å². The largest absolute Gasteiger partial charge is 0.382 e. The number of rotatable bonds is 6.